The number of ether oxygens (including phenoxy) is 1. The zero-order valence-electron chi connectivity index (χ0n) is 21.8. The Morgan fingerprint density at radius 3 is 2.46 bits per heavy atom. The van der Waals surface area contributed by atoms with Gasteiger partial charge in [0.05, 0.1) is 12.0 Å². The minimum absolute atomic E-state index is 0.0336. The third-order valence-corrected chi connectivity index (χ3v) is 8.52. The fourth-order valence-electron chi connectivity index (χ4n) is 5.87. The van der Waals surface area contributed by atoms with E-state index >= 15 is 0 Å². The van der Waals surface area contributed by atoms with E-state index in [1.807, 2.05) is 12.1 Å². The number of anilines is 1. The number of hydrogen-bond donors (Lipinski definition) is 1. The number of likely N-dealkylation sites (N-methyl/N-ethyl adjacent to an activating group) is 1. The molecule has 0 aliphatic carbocycles. The first-order valence-corrected chi connectivity index (χ1v) is 12.9. The lowest BCUT2D eigenvalue weighted by molar-refractivity contribution is -0.140. The topological polar surface area (TPSA) is 96.2 Å². The number of fused-ring (bicyclic) bond motifs is 1. The molecule has 3 aliphatic rings. The van der Waals surface area contributed by atoms with Crippen LogP contribution in [0.2, 0.25) is 0 Å². The number of primary amides is 1. The quantitative estimate of drug-likeness (QED) is 0.638. The summed E-state index contributed by atoms with van der Waals surface area (Å²) >= 11 is 0. The predicted octanol–water partition coefficient (Wildman–Crippen LogP) is 2.26. The number of rotatable bonds is 7. The number of Topliss-reactive ketones (excluding diaryl/α,β-unsaturated/α-hetero) is 1. The Balaban J connectivity index is 1.78. The number of likely N-dealkylation sites (tertiary alicyclic amines) is 1. The summed E-state index contributed by atoms with van der Waals surface area (Å²) in [6.07, 6.45) is 1.32. The number of piperazine rings is 1. The molecule has 0 unspecified atom stereocenters. The molecule has 3 aliphatic heterocycles. The van der Waals surface area contributed by atoms with Crippen molar-refractivity contribution in [1.29, 1.82) is 0 Å². The summed E-state index contributed by atoms with van der Waals surface area (Å²) in [6.45, 7) is 12.4. The molecular weight excluding hydrogens is 444 g/mol. The van der Waals surface area contributed by atoms with Gasteiger partial charge in [-0.25, -0.2) is 0 Å². The van der Waals surface area contributed by atoms with Crippen molar-refractivity contribution in [3.05, 3.63) is 29.3 Å². The van der Waals surface area contributed by atoms with Gasteiger partial charge in [0, 0.05) is 49.9 Å². The Morgan fingerprint density at radius 1 is 1.17 bits per heavy atom. The standard InChI is InChI=1S/C27H40N4O4/c1-6-17-15-31(23-21(32)16-35-24(17)23)26(34)22(27(3,4)7-2)20-14-18(8-9-19(20)25(28)33)30-12-10-29(5)11-13-30/h8-9,14,17,22-24H,6-7,10-13,15-16H2,1-5H3,(H2,28,33)/t17-,22-,23+,24+/m0/s1. The van der Waals surface area contributed by atoms with Crippen LogP contribution in [-0.2, 0) is 14.3 Å². The van der Waals surface area contributed by atoms with Crippen molar-refractivity contribution in [1.82, 2.24) is 9.80 Å². The molecule has 4 rings (SSSR count). The molecule has 192 valence electrons. The molecule has 4 atom stereocenters. The third kappa shape index (κ3) is 4.70. The highest BCUT2D eigenvalue weighted by atomic mass is 16.5. The average Bonchev–Trinajstić information content (AvgIpc) is 3.39. The van der Waals surface area contributed by atoms with Gasteiger partial charge >= 0.3 is 0 Å². The molecule has 0 bridgehead atoms. The molecule has 1 aromatic carbocycles. The number of ketones is 1. The van der Waals surface area contributed by atoms with Gasteiger partial charge in [-0.15, -0.1) is 0 Å². The number of nitrogens with two attached hydrogens (primary N) is 1. The summed E-state index contributed by atoms with van der Waals surface area (Å²) in [6, 6.07) is 5.15. The molecule has 0 radical (unpaired) electrons. The average molecular weight is 485 g/mol. The zero-order chi connectivity index (χ0) is 25.5. The van der Waals surface area contributed by atoms with Crippen LogP contribution in [0.25, 0.3) is 0 Å². The molecule has 1 aromatic rings. The van der Waals surface area contributed by atoms with E-state index in [0.717, 1.165) is 44.7 Å². The SMILES string of the molecule is CC[C@H]1CN(C(=O)[C@H](c2cc(N3CCN(C)CC3)ccc2C(N)=O)C(C)(C)CC)[C@@H]2C(=O)CO[C@H]12. The van der Waals surface area contributed by atoms with Crippen molar-refractivity contribution in [3.8, 4) is 0 Å². The Labute approximate surface area is 208 Å². The van der Waals surface area contributed by atoms with Crippen LogP contribution in [0.5, 0.6) is 0 Å². The van der Waals surface area contributed by atoms with Crippen molar-refractivity contribution in [2.24, 2.45) is 17.1 Å². The maximum absolute atomic E-state index is 14.4. The largest absolute Gasteiger partial charge is 0.369 e. The number of hydrogen-bond acceptors (Lipinski definition) is 6. The fourth-order valence-corrected chi connectivity index (χ4v) is 5.87. The van der Waals surface area contributed by atoms with E-state index in [-0.39, 0.29) is 30.3 Å². The summed E-state index contributed by atoms with van der Waals surface area (Å²) in [7, 11) is 2.11. The van der Waals surface area contributed by atoms with E-state index in [2.05, 4.69) is 44.5 Å². The fraction of sp³-hybridized carbons (Fsp3) is 0.667. The van der Waals surface area contributed by atoms with Gasteiger partial charge in [-0.3, -0.25) is 14.4 Å². The molecular formula is C27H40N4O4. The van der Waals surface area contributed by atoms with Crippen molar-refractivity contribution in [3.63, 3.8) is 0 Å². The normalized spacial score (nSPS) is 26.2. The lowest BCUT2D eigenvalue weighted by Crippen LogP contribution is -2.47. The van der Waals surface area contributed by atoms with Gasteiger partial charge in [0.1, 0.15) is 12.6 Å². The van der Waals surface area contributed by atoms with Crippen LogP contribution in [0.3, 0.4) is 0 Å². The van der Waals surface area contributed by atoms with Gasteiger partial charge < -0.3 is 25.2 Å². The molecule has 2 N–H and O–H groups in total. The van der Waals surface area contributed by atoms with Gasteiger partial charge in [0.15, 0.2) is 5.78 Å². The predicted molar refractivity (Wildman–Crippen MR) is 136 cm³/mol. The number of benzene rings is 1. The van der Waals surface area contributed by atoms with E-state index in [1.165, 1.54) is 0 Å². The second-order valence-electron chi connectivity index (χ2n) is 11.0. The maximum atomic E-state index is 14.4. The van der Waals surface area contributed by atoms with E-state index < -0.39 is 23.3 Å². The highest BCUT2D eigenvalue weighted by Crippen LogP contribution is 2.45. The molecule has 3 heterocycles. The number of carbonyl (C=O) groups is 3. The molecule has 0 saturated carbocycles. The van der Waals surface area contributed by atoms with Gasteiger partial charge in [-0.1, -0.05) is 27.7 Å². The van der Waals surface area contributed by atoms with Gasteiger partial charge in [0.2, 0.25) is 11.8 Å². The lowest BCUT2D eigenvalue weighted by atomic mass is 9.71. The van der Waals surface area contributed by atoms with Crippen molar-refractivity contribution in [2.75, 3.05) is 51.3 Å². The van der Waals surface area contributed by atoms with Gasteiger partial charge in [-0.2, -0.15) is 0 Å². The molecule has 0 spiro atoms. The number of amides is 2. The summed E-state index contributed by atoms with van der Waals surface area (Å²) < 4.78 is 5.81. The highest BCUT2D eigenvalue weighted by molar-refractivity contribution is 5.99. The summed E-state index contributed by atoms with van der Waals surface area (Å²) in [5.41, 5.74) is 7.41. The van der Waals surface area contributed by atoms with Crippen molar-refractivity contribution in [2.45, 2.75) is 58.6 Å². The minimum atomic E-state index is -0.605. The van der Waals surface area contributed by atoms with E-state index in [9.17, 15) is 14.4 Å². The van der Waals surface area contributed by atoms with Crippen LogP contribution in [0, 0.1) is 11.3 Å². The van der Waals surface area contributed by atoms with Crippen LogP contribution in [0.15, 0.2) is 18.2 Å². The van der Waals surface area contributed by atoms with Crippen LogP contribution < -0.4 is 10.6 Å². The minimum Gasteiger partial charge on any atom is -0.369 e. The summed E-state index contributed by atoms with van der Waals surface area (Å²) in [4.78, 5) is 46.0. The van der Waals surface area contributed by atoms with Crippen LogP contribution in [-0.4, -0.2) is 85.9 Å². The Bertz CT molecular complexity index is 985. The third-order valence-electron chi connectivity index (χ3n) is 8.52. The number of carbonyl (C=O) groups excluding carboxylic acids is 3. The molecule has 3 fully saturated rings. The van der Waals surface area contributed by atoms with Crippen molar-refractivity contribution >= 4 is 23.3 Å². The van der Waals surface area contributed by atoms with Crippen LogP contribution in [0.1, 0.15) is 62.4 Å². The Morgan fingerprint density at radius 2 is 1.86 bits per heavy atom. The molecule has 8 heteroatoms. The number of nitrogens with zero attached hydrogens (tertiary/aromatic N) is 3. The second kappa shape index (κ2) is 9.90. The molecule has 2 amide bonds. The highest BCUT2D eigenvalue weighted by Gasteiger charge is 2.54. The summed E-state index contributed by atoms with van der Waals surface area (Å²) in [5.74, 6) is -1.16. The first kappa shape index (κ1) is 25.6. The monoisotopic (exact) mass is 484 g/mol. The van der Waals surface area contributed by atoms with Gasteiger partial charge in [-0.05, 0) is 49.1 Å². The van der Waals surface area contributed by atoms with E-state index in [1.54, 1.807) is 11.0 Å². The molecule has 0 aromatic heterocycles. The van der Waals surface area contributed by atoms with Crippen LogP contribution >= 0.6 is 0 Å². The first-order chi connectivity index (χ1) is 16.6. The van der Waals surface area contributed by atoms with E-state index in [4.69, 9.17) is 10.5 Å². The van der Waals surface area contributed by atoms with E-state index in [0.29, 0.717) is 17.7 Å². The van der Waals surface area contributed by atoms with Crippen molar-refractivity contribution < 1.29 is 19.1 Å². The smallest absolute Gasteiger partial charge is 0.249 e. The Kier molecular flexibility index (Phi) is 7.25. The van der Waals surface area contributed by atoms with Gasteiger partial charge in [0.25, 0.3) is 0 Å². The first-order valence-electron chi connectivity index (χ1n) is 12.9. The van der Waals surface area contributed by atoms with Crippen LogP contribution in [0.4, 0.5) is 5.69 Å². The lowest BCUT2D eigenvalue weighted by Gasteiger charge is -2.39. The second-order valence-corrected chi connectivity index (χ2v) is 11.0. The summed E-state index contributed by atoms with van der Waals surface area (Å²) in [5, 5.41) is 0. The zero-order valence-corrected chi connectivity index (χ0v) is 21.8. The Hall–Kier alpha value is -2.45. The maximum Gasteiger partial charge on any atom is 0.249 e. The molecule has 3 saturated heterocycles. The molecule has 35 heavy (non-hydrogen) atoms. The molecule has 8 nitrogen and oxygen atoms in total.